The van der Waals surface area contributed by atoms with Gasteiger partial charge in [0.15, 0.2) is 0 Å². The lowest BCUT2D eigenvalue weighted by Gasteiger charge is -2.29. The summed E-state index contributed by atoms with van der Waals surface area (Å²) in [4.78, 5) is 45.1. The quantitative estimate of drug-likeness (QED) is 0.439. The van der Waals surface area contributed by atoms with Crippen molar-refractivity contribution in [3.8, 4) is 22.4 Å². The number of anilines is 1. The van der Waals surface area contributed by atoms with E-state index in [2.05, 4.69) is 25.3 Å². The minimum absolute atomic E-state index is 0.0394. The summed E-state index contributed by atoms with van der Waals surface area (Å²) in [6.45, 7) is 4.90. The zero-order valence-electron chi connectivity index (χ0n) is 20.3. The second-order valence-corrected chi connectivity index (χ2v) is 9.32. The largest absolute Gasteiger partial charge is 0.351 e. The number of nitrogens with zero attached hydrogens (tertiary/aromatic N) is 6. The maximum atomic E-state index is 13.5. The van der Waals surface area contributed by atoms with Crippen LogP contribution in [0.3, 0.4) is 0 Å². The second kappa shape index (κ2) is 9.66. The van der Waals surface area contributed by atoms with E-state index in [9.17, 15) is 9.59 Å². The number of halogens is 1. The minimum Gasteiger partial charge on any atom is -0.351 e. The lowest BCUT2D eigenvalue weighted by Crippen LogP contribution is -2.41. The third-order valence-electron chi connectivity index (χ3n) is 6.55. The van der Waals surface area contributed by atoms with E-state index in [4.69, 9.17) is 11.6 Å². The van der Waals surface area contributed by atoms with Crippen molar-refractivity contribution in [2.45, 2.75) is 39.3 Å². The van der Waals surface area contributed by atoms with Crippen molar-refractivity contribution in [1.29, 1.82) is 0 Å². The molecule has 10 heteroatoms. The van der Waals surface area contributed by atoms with Gasteiger partial charge in [0.1, 0.15) is 5.65 Å². The average Bonchev–Trinajstić information content (AvgIpc) is 2.86. The Labute approximate surface area is 213 Å². The fourth-order valence-corrected chi connectivity index (χ4v) is 4.82. The van der Waals surface area contributed by atoms with Gasteiger partial charge in [-0.05, 0) is 32.4 Å². The van der Waals surface area contributed by atoms with Gasteiger partial charge in [-0.15, -0.1) is 0 Å². The maximum absolute atomic E-state index is 13.5. The number of amides is 1. The Morgan fingerprint density at radius 1 is 1.11 bits per heavy atom. The summed E-state index contributed by atoms with van der Waals surface area (Å²) in [6.07, 6.45) is 6.18. The van der Waals surface area contributed by atoms with Crippen molar-refractivity contribution in [3.05, 3.63) is 63.9 Å². The highest BCUT2D eigenvalue weighted by Gasteiger charge is 2.24. The Morgan fingerprint density at radius 2 is 1.92 bits per heavy atom. The first-order chi connectivity index (χ1) is 17.4. The van der Waals surface area contributed by atoms with Gasteiger partial charge in [0.25, 0.3) is 5.56 Å². The molecule has 9 nitrogen and oxygen atoms in total. The van der Waals surface area contributed by atoms with E-state index < -0.39 is 0 Å². The Balaban J connectivity index is 1.52. The van der Waals surface area contributed by atoms with Gasteiger partial charge < -0.3 is 10.2 Å². The SMILES string of the molecule is CCn1c(=O)c(-c2ccc(-c3nccnc3C)cc2Cl)cc2cnc(NC3CCN(C)C(=O)C3)nc21. The molecule has 1 aromatic carbocycles. The number of aromatic nitrogens is 5. The van der Waals surface area contributed by atoms with E-state index in [0.29, 0.717) is 47.3 Å². The molecule has 36 heavy (non-hydrogen) atoms. The number of pyridine rings is 1. The number of rotatable bonds is 5. The van der Waals surface area contributed by atoms with Crippen LogP contribution < -0.4 is 10.9 Å². The zero-order valence-corrected chi connectivity index (χ0v) is 21.1. The first kappa shape index (κ1) is 23.9. The normalized spacial score (nSPS) is 15.9. The maximum Gasteiger partial charge on any atom is 0.260 e. The van der Waals surface area contributed by atoms with Crippen molar-refractivity contribution in [1.82, 2.24) is 29.4 Å². The topological polar surface area (TPSA) is 106 Å². The molecule has 4 heterocycles. The van der Waals surface area contributed by atoms with Gasteiger partial charge in [-0.25, -0.2) is 4.98 Å². The molecule has 0 saturated carbocycles. The molecule has 184 valence electrons. The van der Waals surface area contributed by atoms with Crippen molar-refractivity contribution in [2.75, 3.05) is 18.9 Å². The monoisotopic (exact) mass is 503 g/mol. The highest BCUT2D eigenvalue weighted by molar-refractivity contribution is 6.33. The van der Waals surface area contributed by atoms with Gasteiger partial charge >= 0.3 is 0 Å². The fraction of sp³-hybridized carbons (Fsp3) is 0.308. The molecule has 4 aromatic rings. The molecule has 0 spiro atoms. The van der Waals surface area contributed by atoms with Crippen LogP contribution in [0.25, 0.3) is 33.4 Å². The van der Waals surface area contributed by atoms with Gasteiger partial charge in [0, 0.05) is 78.3 Å². The van der Waals surface area contributed by atoms with Crippen molar-refractivity contribution in [2.24, 2.45) is 0 Å². The van der Waals surface area contributed by atoms with Crippen molar-refractivity contribution < 1.29 is 4.79 Å². The van der Waals surface area contributed by atoms with Crippen LogP contribution in [0, 0.1) is 6.92 Å². The summed E-state index contributed by atoms with van der Waals surface area (Å²) in [5.74, 6) is 0.493. The van der Waals surface area contributed by atoms with E-state index >= 15 is 0 Å². The fourth-order valence-electron chi connectivity index (χ4n) is 4.54. The molecule has 0 radical (unpaired) electrons. The summed E-state index contributed by atoms with van der Waals surface area (Å²) < 4.78 is 1.62. The average molecular weight is 504 g/mol. The summed E-state index contributed by atoms with van der Waals surface area (Å²) in [5.41, 5.74) is 3.82. The van der Waals surface area contributed by atoms with E-state index in [1.807, 2.05) is 26.0 Å². The number of fused-ring (bicyclic) bond motifs is 1. The molecular weight excluding hydrogens is 478 g/mol. The van der Waals surface area contributed by atoms with Crippen molar-refractivity contribution in [3.63, 3.8) is 0 Å². The number of benzene rings is 1. The highest BCUT2D eigenvalue weighted by atomic mass is 35.5. The summed E-state index contributed by atoms with van der Waals surface area (Å²) >= 11 is 6.67. The number of piperidine rings is 1. The van der Waals surface area contributed by atoms with Crippen LogP contribution in [-0.4, -0.2) is 54.9 Å². The number of carbonyl (C=O) groups is 1. The first-order valence-corrected chi connectivity index (χ1v) is 12.2. The van der Waals surface area contributed by atoms with Crippen molar-refractivity contribution >= 4 is 34.5 Å². The molecule has 1 aliphatic heterocycles. The molecule has 0 aliphatic carbocycles. The Morgan fingerprint density at radius 3 is 2.64 bits per heavy atom. The predicted molar refractivity (Wildman–Crippen MR) is 140 cm³/mol. The van der Waals surface area contributed by atoms with Crippen LogP contribution in [0.5, 0.6) is 0 Å². The van der Waals surface area contributed by atoms with E-state index in [1.54, 1.807) is 47.2 Å². The molecule has 1 atom stereocenters. The highest BCUT2D eigenvalue weighted by Crippen LogP contribution is 2.32. The third-order valence-corrected chi connectivity index (χ3v) is 6.86. The Kier molecular flexibility index (Phi) is 6.40. The molecule has 1 N–H and O–H groups in total. The first-order valence-electron chi connectivity index (χ1n) is 11.8. The number of carbonyl (C=O) groups excluding carboxylic acids is 1. The molecular formula is C26H26ClN7O2. The number of hydrogen-bond acceptors (Lipinski definition) is 7. The van der Waals surface area contributed by atoms with E-state index in [0.717, 1.165) is 28.8 Å². The predicted octanol–water partition coefficient (Wildman–Crippen LogP) is 3.93. The van der Waals surface area contributed by atoms with Crippen LogP contribution >= 0.6 is 11.6 Å². The molecule has 1 aliphatic rings. The molecule has 5 rings (SSSR count). The standard InChI is InChI=1S/C26H26ClN7O2/c1-4-34-24-17(14-30-26(32-24)31-18-7-10-33(3)22(35)13-18)11-20(25(34)36)19-6-5-16(12-21(19)27)23-15(2)28-8-9-29-23/h5-6,8-9,11-12,14,18H,4,7,10,13H2,1-3H3,(H,30,31,32). The molecule has 1 saturated heterocycles. The molecule has 1 amide bonds. The summed E-state index contributed by atoms with van der Waals surface area (Å²) in [7, 11) is 1.80. The smallest absolute Gasteiger partial charge is 0.260 e. The van der Waals surface area contributed by atoms with Gasteiger partial charge in [-0.2, -0.15) is 4.98 Å². The second-order valence-electron chi connectivity index (χ2n) is 8.91. The van der Waals surface area contributed by atoms with E-state index in [-0.39, 0.29) is 17.5 Å². The van der Waals surface area contributed by atoms with Crippen LogP contribution in [0.15, 0.2) is 47.7 Å². The lowest BCUT2D eigenvalue weighted by molar-refractivity contribution is -0.132. The molecule has 0 bridgehead atoms. The molecule has 3 aromatic heterocycles. The van der Waals surface area contributed by atoms with Gasteiger partial charge in [-0.1, -0.05) is 23.7 Å². The van der Waals surface area contributed by atoms with Crippen LogP contribution in [0.4, 0.5) is 5.95 Å². The minimum atomic E-state index is -0.186. The number of likely N-dealkylation sites (tertiary alicyclic amines) is 1. The molecule has 1 fully saturated rings. The summed E-state index contributed by atoms with van der Waals surface area (Å²) in [6, 6.07) is 7.27. The van der Waals surface area contributed by atoms with E-state index in [1.165, 1.54) is 0 Å². The van der Waals surface area contributed by atoms with Gasteiger partial charge in [0.2, 0.25) is 11.9 Å². The Hall–Kier alpha value is -3.85. The zero-order chi connectivity index (χ0) is 25.4. The number of hydrogen-bond donors (Lipinski definition) is 1. The molecule has 1 unspecified atom stereocenters. The van der Waals surface area contributed by atoms with Crippen LogP contribution in [-0.2, 0) is 11.3 Å². The number of nitrogens with one attached hydrogen (secondary N) is 1. The van der Waals surface area contributed by atoms with Crippen LogP contribution in [0.1, 0.15) is 25.5 Å². The van der Waals surface area contributed by atoms with Gasteiger partial charge in [0.05, 0.1) is 11.4 Å². The van der Waals surface area contributed by atoms with Crippen LogP contribution in [0.2, 0.25) is 5.02 Å². The number of aryl methyl sites for hydroxylation is 2. The third kappa shape index (κ3) is 4.42. The summed E-state index contributed by atoms with van der Waals surface area (Å²) in [5, 5.41) is 4.43. The lowest BCUT2D eigenvalue weighted by atomic mass is 10.0. The Bertz CT molecular complexity index is 1540. The van der Waals surface area contributed by atoms with Gasteiger partial charge in [-0.3, -0.25) is 24.1 Å².